The highest BCUT2D eigenvalue weighted by atomic mass is 32.2. The van der Waals surface area contributed by atoms with E-state index in [1.54, 1.807) is 0 Å². The molecule has 63 heavy (non-hydrogen) atoms. The van der Waals surface area contributed by atoms with Gasteiger partial charge in [0.2, 0.25) is 0 Å². The highest BCUT2D eigenvalue weighted by molar-refractivity contribution is 7.85. The van der Waals surface area contributed by atoms with Crippen molar-refractivity contribution < 1.29 is 56.8 Å². The number of carbonyl (C=O) groups excluding carboxylic acids is 2. The molecule has 12 nitrogen and oxygen atoms in total. The van der Waals surface area contributed by atoms with Crippen LogP contribution in [-0.4, -0.2) is 96.0 Å². The Bertz CT molecular complexity index is 1210. The average Bonchev–Trinajstić information content (AvgIpc) is 3.25. The quantitative estimate of drug-likeness (QED) is 0.0196. The van der Waals surface area contributed by atoms with Gasteiger partial charge in [-0.15, -0.1) is 0 Å². The number of hydrogen-bond acceptors (Lipinski definition) is 11. The van der Waals surface area contributed by atoms with Gasteiger partial charge in [0.05, 0.1) is 6.61 Å². The molecule has 6 atom stereocenters. The van der Waals surface area contributed by atoms with Crippen LogP contribution in [0.2, 0.25) is 0 Å². The minimum atomic E-state index is -4.60. The van der Waals surface area contributed by atoms with Gasteiger partial charge in [-0.2, -0.15) is 8.42 Å². The summed E-state index contributed by atoms with van der Waals surface area (Å²) < 4.78 is 54.2. The van der Waals surface area contributed by atoms with Gasteiger partial charge in [0, 0.05) is 12.8 Å². The summed E-state index contributed by atoms with van der Waals surface area (Å²) in [5, 5.41) is 31.0. The molecule has 0 aromatic rings. The van der Waals surface area contributed by atoms with E-state index in [9.17, 15) is 37.9 Å². The SMILES string of the molecule is CCCCCCCCC/C=C\CCCCCCCCCC(=O)OC(COC(=O)CCCCCCCCCCCCCCCCCCC)COC1OC(CS(=O)(=O)O)C(O)C(O)C1O. The Morgan fingerprint density at radius 2 is 0.905 bits per heavy atom. The van der Waals surface area contributed by atoms with Gasteiger partial charge in [0.15, 0.2) is 12.4 Å². The van der Waals surface area contributed by atoms with Gasteiger partial charge in [0.25, 0.3) is 10.1 Å². The summed E-state index contributed by atoms with van der Waals surface area (Å²) in [6, 6.07) is 0. The summed E-state index contributed by atoms with van der Waals surface area (Å²) in [4.78, 5) is 25.5. The van der Waals surface area contributed by atoms with Gasteiger partial charge >= 0.3 is 11.9 Å². The summed E-state index contributed by atoms with van der Waals surface area (Å²) >= 11 is 0. The van der Waals surface area contributed by atoms with Crippen molar-refractivity contribution >= 4 is 22.1 Å². The monoisotopic (exact) mass is 919 g/mol. The zero-order valence-corrected chi connectivity index (χ0v) is 40.8. The van der Waals surface area contributed by atoms with Crippen LogP contribution in [0.5, 0.6) is 0 Å². The molecule has 0 amide bonds. The lowest BCUT2D eigenvalue weighted by Crippen LogP contribution is -2.60. The smallest absolute Gasteiger partial charge is 0.306 e. The summed E-state index contributed by atoms with van der Waals surface area (Å²) in [5.41, 5.74) is 0. The summed E-state index contributed by atoms with van der Waals surface area (Å²) in [6.07, 6.45) is 35.3. The first kappa shape index (κ1) is 59.4. The van der Waals surface area contributed by atoms with Crippen LogP contribution in [-0.2, 0) is 38.7 Å². The molecule has 0 aliphatic carbocycles. The average molecular weight is 919 g/mol. The van der Waals surface area contributed by atoms with Crippen LogP contribution in [0.1, 0.15) is 239 Å². The highest BCUT2D eigenvalue weighted by Gasteiger charge is 2.46. The number of unbranched alkanes of at least 4 members (excludes halogenated alkanes) is 30. The Morgan fingerprint density at radius 1 is 0.524 bits per heavy atom. The molecular formula is C50H94O12S. The largest absolute Gasteiger partial charge is 0.462 e. The fourth-order valence-electron chi connectivity index (χ4n) is 8.09. The van der Waals surface area contributed by atoms with E-state index in [4.69, 9.17) is 18.9 Å². The molecule has 0 radical (unpaired) electrons. The predicted molar refractivity (Wildman–Crippen MR) is 252 cm³/mol. The molecule has 0 saturated carbocycles. The van der Waals surface area contributed by atoms with Crippen LogP contribution >= 0.6 is 0 Å². The lowest BCUT2D eigenvalue weighted by Gasteiger charge is -2.40. The highest BCUT2D eigenvalue weighted by Crippen LogP contribution is 2.24. The fourth-order valence-corrected chi connectivity index (χ4v) is 8.78. The Labute approximate surface area is 384 Å². The maximum Gasteiger partial charge on any atom is 0.306 e. The van der Waals surface area contributed by atoms with Crippen LogP contribution in [0.15, 0.2) is 12.2 Å². The Morgan fingerprint density at radius 3 is 1.32 bits per heavy atom. The second-order valence-electron chi connectivity index (χ2n) is 18.2. The van der Waals surface area contributed by atoms with Crippen LogP contribution in [0, 0.1) is 0 Å². The molecule has 1 aliphatic heterocycles. The van der Waals surface area contributed by atoms with E-state index in [0.717, 1.165) is 51.4 Å². The van der Waals surface area contributed by atoms with Crippen molar-refractivity contribution in [2.24, 2.45) is 0 Å². The third-order valence-electron chi connectivity index (χ3n) is 12.1. The molecule has 0 bridgehead atoms. The van der Waals surface area contributed by atoms with Crippen molar-refractivity contribution in [2.75, 3.05) is 19.0 Å². The third-order valence-corrected chi connectivity index (χ3v) is 12.8. The molecule has 372 valence electrons. The summed E-state index contributed by atoms with van der Waals surface area (Å²) in [5.74, 6) is -1.97. The second kappa shape index (κ2) is 40.6. The second-order valence-corrected chi connectivity index (χ2v) is 19.7. The molecule has 1 rings (SSSR count). The van der Waals surface area contributed by atoms with E-state index >= 15 is 0 Å². The number of allylic oxidation sites excluding steroid dienone is 2. The fraction of sp³-hybridized carbons (Fsp3) is 0.920. The van der Waals surface area contributed by atoms with E-state index in [2.05, 4.69) is 26.0 Å². The Hall–Kier alpha value is -1.61. The molecule has 1 aliphatic rings. The van der Waals surface area contributed by atoms with Gasteiger partial charge in [-0.1, -0.05) is 199 Å². The van der Waals surface area contributed by atoms with Gasteiger partial charge in [-0.05, 0) is 38.5 Å². The number of ether oxygens (including phenoxy) is 4. The van der Waals surface area contributed by atoms with Gasteiger partial charge in [0.1, 0.15) is 36.8 Å². The first-order chi connectivity index (χ1) is 30.5. The molecular weight excluding hydrogens is 825 g/mol. The maximum absolute atomic E-state index is 12.9. The lowest BCUT2D eigenvalue weighted by atomic mass is 10.00. The molecule has 1 heterocycles. The molecule has 0 aromatic heterocycles. The zero-order chi connectivity index (χ0) is 46.2. The first-order valence-corrected chi connectivity index (χ1v) is 27.4. The van der Waals surface area contributed by atoms with E-state index in [1.165, 1.54) is 148 Å². The van der Waals surface area contributed by atoms with Crippen molar-refractivity contribution in [3.8, 4) is 0 Å². The summed E-state index contributed by atoms with van der Waals surface area (Å²) in [6.45, 7) is 3.80. The molecule has 6 unspecified atom stereocenters. The minimum Gasteiger partial charge on any atom is -0.462 e. The Kier molecular flexibility index (Phi) is 38.3. The van der Waals surface area contributed by atoms with Crippen molar-refractivity contribution in [1.29, 1.82) is 0 Å². The minimum absolute atomic E-state index is 0.164. The van der Waals surface area contributed by atoms with Crippen LogP contribution < -0.4 is 0 Å². The molecule has 1 fully saturated rings. The van der Waals surface area contributed by atoms with Gasteiger partial charge in [-0.3, -0.25) is 14.1 Å². The Balaban J connectivity index is 2.37. The number of esters is 2. The van der Waals surface area contributed by atoms with Crippen molar-refractivity contribution in [1.82, 2.24) is 0 Å². The van der Waals surface area contributed by atoms with Crippen molar-refractivity contribution in [2.45, 2.75) is 275 Å². The molecule has 4 N–H and O–H groups in total. The zero-order valence-electron chi connectivity index (χ0n) is 40.0. The first-order valence-electron chi connectivity index (χ1n) is 25.7. The number of aliphatic hydroxyl groups is 3. The van der Waals surface area contributed by atoms with E-state index in [-0.39, 0.29) is 19.4 Å². The molecule has 1 saturated heterocycles. The van der Waals surface area contributed by atoms with Crippen LogP contribution in [0.25, 0.3) is 0 Å². The molecule has 0 spiro atoms. The van der Waals surface area contributed by atoms with Crippen LogP contribution in [0.3, 0.4) is 0 Å². The van der Waals surface area contributed by atoms with E-state index in [0.29, 0.717) is 12.8 Å². The van der Waals surface area contributed by atoms with E-state index < -0.39 is 71.2 Å². The summed E-state index contributed by atoms with van der Waals surface area (Å²) in [7, 11) is -4.60. The lowest BCUT2D eigenvalue weighted by molar-refractivity contribution is -0.297. The third kappa shape index (κ3) is 35.3. The topological polar surface area (TPSA) is 186 Å². The number of carbonyl (C=O) groups is 2. The standard InChI is InChI=1S/C50H94O12S/c1-3-5-7-9-11-13-15-17-19-21-23-25-27-29-31-33-35-37-39-46(52)61-43(41-60-50-49(55)48(54)47(53)44(62-50)42-63(56,57)58)40-59-45(51)38-36-34-32-30-28-26-24-22-20-18-16-14-12-10-8-6-4-2/h19,21,43-44,47-50,53-55H,3-18,20,22-42H2,1-2H3,(H,56,57,58)/b21-19-. The van der Waals surface area contributed by atoms with Gasteiger partial charge < -0.3 is 34.3 Å². The molecule has 13 heteroatoms. The number of rotatable bonds is 44. The normalized spacial score (nSPS) is 19.7. The van der Waals surface area contributed by atoms with E-state index in [1.807, 2.05) is 0 Å². The number of aliphatic hydroxyl groups excluding tert-OH is 3. The predicted octanol–water partition coefficient (Wildman–Crippen LogP) is 11.4. The van der Waals surface area contributed by atoms with Crippen molar-refractivity contribution in [3.05, 3.63) is 12.2 Å². The molecule has 0 aromatic carbocycles. The van der Waals surface area contributed by atoms with Crippen molar-refractivity contribution in [3.63, 3.8) is 0 Å². The van der Waals surface area contributed by atoms with Crippen LogP contribution in [0.4, 0.5) is 0 Å². The number of hydrogen-bond donors (Lipinski definition) is 4. The maximum atomic E-state index is 12.9. The van der Waals surface area contributed by atoms with Gasteiger partial charge in [-0.25, -0.2) is 0 Å².